The van der Waals surface area contributed by atoms with Crippen molar-refractivity contribution in [3.8, 4) is 5.69 Å². The van der Waals surface area contributed by atoms with Crippen molar-refractivity contribution in [2.45, 2.75) is 27.2 Å². The maximum absolute atomic E-state index is 13.3. The third-order valence-corrected chi connectivity index (χ3v) is 6.40. The number of halogens is 1. The van der Waals surface area contributed by atoms with Crippen LogP contribution in [0, 0.1) is 19.7 Å². The first-order chi connectivity index (χ1) is 15.6. The van der Waals surface area contributed by atoms with Gasteiger partial charge in [0.05, 0.1) is 18.2 Å². The molecule has 3 aromatic rings. The van der Waals surface area contributed by atoms with Gasteiger partial charge in [0.25, 0.3) is 5.91 Å². The van der Waals surface area contributed by atoms with Crippen molar-refractivity contribution in [2.24, 2.45) is 5.10 Å². The van der Waals surface area contributed by atoms with E-state index in [1.54, 1.807) is 24.3 Å². The monoisotopic (exact) mass is 470 g/mol. The molecule has 0 atom stereocenters. The van der Waals surface area contributed by atoms with E-state index < -0.39 is 15.9 Å². The van der Waals surface area contributed by atoms with Crippen LogP contribution in [0.2, 0.25) is 0 Å². The molecule has 1 aromatic heterocycles. The third kappa shape index (κ3) is 5.67. The molecule has 0 aliphatic carbocycles. The van der Waals surface area contributed by atoms with E-state index in [9.17, 15) is 17.6 Å². The molecule has 0 aliphatic rings. The summed E-state index contributed by atoms with van der Waals surface area (Å²) in [6.45, 7) is 5.35. The first-order valence-corrected chi connectivity index (χ1v) is 12.3. The van der Waals surface area contributed by atoms with Gasteiger partial charge in [-0.25, -0.2) is 18.2 Å². The van der Waals surface area contributed by atoms with Crippen molar-refractivity contribution < 1.29 is 17.6 Å². The Kier molecular flexibility index (Phi) is 7.33. The van der Waals surface area contributed by atoms with Crippen molar-refractivity contribution in [1.82, 2.24) is 9.99 Å². The number of benzene rings is 2. The second-order valence-corrected chi connectivity index (χ2v) is 9.59. The Morgan fingerprint density at radius 3 is 2.45 bits per heavy atom. The van der Waals surface area contributed by atoms with E-state index in [1.165, 1.54) is 18.3 Å². The topological polar surface area (TPSA) is 83.8 Å². The second kappa shape index (κ2) is 9.99. The predicted octanol–water partition coefficient (Wildman–Crippen LogP) is 3.71. The Hall–Kier alpha value is -3.46. The molecule has 0 spiro atoms. The molecule has 0 aliphatic heterocycles. The Labute approximate surface area is 193 Å². The smallest absolute Gasteiger partial charge is 0.260 e. The standard InChI is InChI=1S/C24H27FN4O3S/c1-5-19-8-6-7-9-23(19)28(33(4,31)32)16-24(30)27-26-15-20-14-17(2)29(18(20)3)22-12-10-21(25)11-13-22/h6-15H,5,16H2,1-4H3,(H,27,30). The van der Waals surface area contributed by atoms with Crippen molar-refractivity contribution in [3.05, 3.63) is 82.9 Å². The molecule has 0 saturated heterocycles. The number of aryl methyl sites for hydroxylation is 2. The lowest BCUT2D eigenvalue weighted by molar-refractivity contribution is -0.119. The summed E-state index contributed by atoms with van der Waals surface area (Å²) in [6, 6.07) is 15.1. The number of nitrogens with one attached hydrogen (secondary N) is 1. The van der Waals surface area contributed by atoms with Crippen LogP contribution in [0.5, 0.6) is 0 Å². The summed E-state index contributed by atoms with van der Waals surface area (Å²) in [4.78, 5) is 12.5. The number of rotatable bonds is 8. The number of hydrogen-bond acceptors (Lipinski definition) is 4. The molecule has 0 saturated carbocycles. The molecule has 0 radical (unpaired) electrons. The highest BCUT2D eigenvalue weighted by Gasteiger charge is 2.22. The van der Waals surface area contributed by atoms with E-state index in [0.29, 0.717) is 12.1 Å². The number of anilines is 1. The zero-order chi connectivity index (χ0) is 24.2. The van der Waals surface area contributed by atoms with Gasteiger partial charge in [-0.2, -0.15) is 5.10 Å². The third-order valence-electron chi connectivity index (χ3n) is 5.28. The summed E-state index contributed by atoms with van der Waals surface area (Å²) < 4.78 is 41.0. The highest BCUT2D eigenvalue weighted by Crippen LogP contribution is 2.23. The molecule has 1 heterocycles. The normalized spacial score (nSPS) is 11.7. The lowest BCUT2D eigenvalue weighted by atomic mass is 10.1. The SMILES string of the molecule is CCc1ccccc1N(CC(=O)NN=Cc1cc(C)n(-c2ccc(F)cc2)c1C)S(C)(=O)=O. The average Bonchev–Trinajstić information content (AvgIpc) is 3.05. The summed E-state index contributed by atoms with van der Waals surface area (Å²) in [5.74, 6) is -0.870. The Bertz CT molecular complexity index is 1280. The minimum absolute atomic E-state index is 0.310. The molecule has 174 valence electrons. The van der Waals surface area contributed by atoms with E-state index in [4.69, 9.17) is 0 Å². The van der Waals surface area contributed by atoms with Crippen LogP contribution in [0.1, 0.15) is 29.4 Å². The maximum atomic E-state index is 13.3. The molecular formula is C24H27FN4O3S. The van der Waals surface area contributed by atoms with Gasteiger partial charge in [-0.1, -0.05) is 25.1 Å². The molecule has 2 aromatic carbocycles. The molecule has 9 heteroatoms. The number of carbonyl (C=O) groups is 1. The summed E-state index contributed by atoms with van der Waals surface area (Å²) >= 11 is 0. The van der Waals surface area contributed by atoms with Crippen LogP contribution >= 0.6 is 0 Å². The average molecular weight is 471 g/mol. The Morgan fingerprint density at radius 2 is 1.82 bits per heavy atom. The van der Waals surface area contributed by atoms with Crippen molar-refractivity contribution >= 4 is 27.8 Å². The highest BCUT2D eigenvalue weighted by molar-refractivity contribution is 7.92. The van der Waals surface area contributed by atoms with Gasteiger partial charge in [-0.15, -0.1) is 0 Å². The fraction of sp³-hybridized carbons (Fsp3) is 0.250. The molecule has 0 unspecified atom stereocenters. The molecule has 1 N–H and O–H groups in total. The van der Waals surface area contributed by atoms with Gasteiger partial charge >= 0.3 is 0 Å². The van der Waals surface area contributed by atoms with Gasteiger partial charge in [-0.05, 0) is 62.2 Å². The summed E-state index contributed by atoms with van der Waals surface area (Å²) in [6.07, 6.45) is 3.21. The first kappa shape index (κ1) is 24.2. The van der Waals surface area contributed by atoms with Gasteiger partial charge < -0.3 is 4.57 Å². The Balaban J connectivity index is 1.76. The molecule has 33 heavy (non-hydrogen) atoms. The number of nitrogens with zero attached hydrogens (tertiary/aromatic N) is 3. The largest absolute Gasteiger partial charge is 0.318 e. The van der Waals surface area contributed by atoms with E-state index in [1.807, 2.05) is 43.5 Å². The van der Waals surface area contributed by atoms with E-state index in [0.717, 1.165) is 38.8 Å². The molecule has 0 bridgehead atoms. The van der Waals surface area contributed by atoms with Crippen LogP contribution in [0.25, 0.3) is 5.69 Å². The van der Waals surface area contributed by atoms with Crippen LogP contribution in [0.15, 0.2) is 59.7 Å². The Morgan fingerprint density at radius 1 is 1.15 bits per heavy atom. The molecule has 7 nitrogen and oxygen atoms in total. The van der Waals surface area contributed by atoms with E-state index in [2.05, 4.69) is 10.5 Å². The number of para-hydroxylation sites is 1. The molecule has 1 amide bonds. The van der Waals surface area contributed by atoms with Crippen molar-refractivity contribution in [2.75, 3.05) is 17.1 Å². The van der Waals surface area contributed by atoms with Crippen LogP contribution in [-0.4, -0.2) is 37.9 Å². The molecule has 3 rings (SSSR count). The second-order valence-electron chi connectivity index (χ2n) is 7.68. The minimum atomic E-state index is -3.67. The number of sulfonamides is 1. The van der Waals surface area contributed by atoms with Crippen molar-refractivity contribution in [3.63, 3.8) is 0 Å². The van der Waals surface area contributed by atoms with Gasteiger partial charge in [-0.3, -0.25) is 9.10 Å². The highest BCUT2D eigenvalue weighted by atomic mass is 32.2. The number of carbonyl (C=O) groups excluding carboxylic acids is 1. The number of hydrazone groups is 1. The molecule has 0 fully saturated rings. The summed E-state index contributed by atoms with van der Waals surface area (Å²) in [5, 5.41) is 4.02. The van der Waals surface area contributed by atoms with Crippen molar-refractivity contribution in [1.29, 1.82) is 0 Å². The van der Waals surface area contributed by atoms with Gasteiger partial charge in [0, 0.05) is 22.6 Å². The minimum Gasteiger partial charge on any atom is -0.318 e. The number of aromatic nitrogens is 1. The zero-order valence-corrected chi connectivity index (χ0v) is 19.9. The van der Waals surface area contributed by atoms with Gasteiger partial charge in [0.1, 0.15) is 12.4 Å². The van der Waals surface area contributed by atoms with Gasteiger partial charge in [0.15, 0.2) is 0 Å². The van der Waals surface area contributed by atoms with Crippen LogP contribution < -0.4 is 9.73 Å². The first-order valence-electron chi connectivity index (χ1n) is 10.4. The van der Waals surface area contributed by atoms with E-state index in [-0.39, 0.29) is 12.4 Å². The predicted molar refractivity (Wildman–Crippen MR) is 129 cm³/mol. The summed E-state index contributed by atoms with van der Waals surface area (Å²) in [5.41, 5.74) is 7.09. The van der Waals surface area contributed by atoms with Gasteiger partial charge in [0.2, 0.25) is 10.0 Å². The van der Waals surface area contributed by atoms with Crippen LogP contribution in [0.4, 0.5) is 10.1 Å². The molecular weight excluding hydrogens is 443 g/mol. The number of hydrogen-bond donors (Lipinski definition) is 1. The lowest BCUT2D eigenvalue weighted by Crippen LogP contribution is -2.39. The zero-order valence-electron chi connectivity index (χ0n) is 19.0. The maximum Gasteiger partial charge on any atom is 0.260 e. The quantitative estimate of drug-likeness (QED) is 0.402. The van der Waals surface area contributed by atoms with Crippen LogP contribution in [0.3, 0.4) is 0 Å². The van der Waals surface area contributed by atoms with Crippen LogP contribution in [-0.2, 0) is 21.2 Å². The fourth-order valence-corrected chi connectivity index (χ4v) is 4.57. The fourth-order valence-electron chi connectivity index (χ4n) is 3.68. The summed E-state index contributed by atoms with van der Waals surface area (Å²) in [7, 11) is -3.67. The van der Waals surface area contributed by atoms with E-state index >= 15 is 0 Å². The lowest BCUT2D eigenvalue weighted by Gasteiger charge is -2.23. The number of amides is 1.